The van der Waals surface area contributed by atoms with E-state index in [9.17, 15) is 9.90 Å². The predicted octanol–water partition coefficient (Wildman–Crippen LogP) is 2.20. The van der Waals surface area contributed by atoms with E-state index in [0.717, 1.165) is 17.0 Å². The minimum absolute atomic E-state index is 0.385. The number of hydrogen-bond acceptors (Lipinski definition) is 4. The average molecular weight is 272 g/mol. The molecule has 0 radical (unpaired) electrons. The lowest BCUT2D eigenvalue weighted by Crippen LogP contribution is -2.16. The Kier molecular flexibility index (Phi) is 4.30. The topological polar surface area (TPSA) is 72.3 Å². The van der Waals surface area contributed by atoms with Gasteiger partial charge in [0.15, 0.2) is 0 Å². The Balaban J connectivity index is 2.23. The lowest BCUT2D eigenvalue weighted by molar-refractivity contribution is -0.138. The number of aliphatic carboxylic acids is 1. The zero-order chi connectivity index (χ0) is 14.5. The summed E-state index contributed by atoms with van der Waals surface area (Å²) in [6, 6.07) is 9.08. The lowest BCUT2D eigenvalue weighted by Gasteiger charge is -2.12. The quantitative estimate of drug-likeness (QED) is 0.903. The Morgan fingerprint density at radius 3 is 2.55 bits per heavy atom. The summed E-state index contributed by atoms with van der Waals surface area (Å²) >= 11 is 0. The van der Waals surface area contributed by atoms with Crippen LogP contribution in [0.2, 0.25) is 0 Å². The third kappa shape index (κ3) is 3.32. The van der Waals surface area contributed by atoms with Gasteiger partial charge in [-0.2, -0.15) is 0 Å². The molecule has 0 fully saturated rings. The van der Waals surface area contributed by atoms with E-state index < -0.39 is 11.9 Å². The summed E-state index contributed by atoms with van der Waals surface area (Å²) in [4.78, 5) is 19.5. The second-order valence-electron chi connectivity index (χ2n) is 4.53. The highest BCUT2D eigenvalue weighted by Gasteiger charge is 2.22. The summed E-state index contributed by atoms with van der Waals surface area (Å²) in [6.45, 7) is 1.82. The fourth-order valence-corrected chi connectivity index (χ4v) is 1.98. The van der Waals surface area contributed by atoms with Crippen LogP contribution in [0.1, 0.15) is 22.9 Å². The molecule has 1 aromatic carbocycles. The molecule has 0 amide bonds. The van der Waals surface area contributed by atoms with Crippen LogP contribution in [0.4, 0.5) is 0 Å². The van der Waals surface area contributed by atoms with Gasteiger partial charge in [0, 0.05) is 5.69 Å². The second-order valence-corrected chi connectivity index (χ2v) is 4.53. The molecule has 0 bridgehead atoms. The number of carboxylic acid groups (broad SMARTS) is 1. The average Bonchev–Trinajstić information content (AvgIpc) is 2.45. The molecule has 0 aliphatic carbocycles. The van der Waals surface area contributed by atoms with Gasteiger partial charge in [-0.05, 0) is 37.1 Å². The van der Waals surface area contributed by atoms with Crippen molar-refractivity contribution in [3.63, 3.8) is 0 Å². The Bertz CT molecular complexity index is 596. The second kappa shape index (κ2) is 6.14. The van der Waals surface area contributed by atoms with Gasteiger partial charge in [0.25, 0.3) is 0 Å². The largest absolute Gasteiger partial charge is 0.497 e. The molecule has 2 aromatic rings. The highest BCUT2D eigenvalue weighted by molar-refractivity contribution is 5.75. The van der Waals surface area contributed by atoms with Crippen molar-refractivity contribution < 1.29 is 14.6 Å². The van der Waals surface area contributed by atoms with Crippen LogP contribution in [0.15, 0.2) is 36.7 Å². The van der Waals surface area contributed by atoms with Crippen molar-refractivity contribution in [1.29, 1.82) is 0 Å². The third-order valence-electron chi connectivity index (χ3n) is 3.08. The molecule has 1 aromatic heterocycles. The number of rotatable bonds is 5. The van der Waals surface area contributed by atoms with Gasteiger partial charge < -0.3 is 9.84 Å². The smallest absolute Gasteiger partial charge is 0.312 e. The van der Waals surface area contributed by atoms with Gasteiger partial charge >= 0.3 is 5.97 Å². The fraction of sp³-hybridized carbons (Fsp3) is 0.267. The Morgan fingerprint density at radius 2 is 2.00 bits per heavy atom. The van der Waals surface area contributed by atoms with Crippen LogP contribution in [0, 0.1) is 6.92 Å². The fourth-order valence-electron chi connectivity index (χ4n) is 1.98. The first-order valence-corrected chi connectivity index (χ1v) is 6.24. The highest BCUT2D eigenvalue weighted by atomic mass is 16.5. The van der Waals surface area contributed by atoms with Gasteiger partial charge in [0.05, 0.1) is 12.8 Å². The minimum Gasteiger partial charge on any atom is -0.497 e. The molecule has 5 nitrogen and oxygen atoms in total. The molecule has 1 unspecified atom stereocenters. The monoisotopic (exact) mass is 272 g/mol. The van der Waals surface area contributed by atoms with Crippen molar-refractivity contribution in [3.8, 4) is 5.75 Å². The lowest BCUT2D eigenvalue weighted by atomic mass is 9.95. The normalized spacial score (nSPS) is 11.9. The summed E-state index contributed by atoms with van der Waals surface area (Å²) in [7, 11) is 1.60. The summed E-state index contributed by atoms with van der Waals surface area (Å²) in [6.07, 6.45) is 1.78. The maximum absolute atomic E-state index is 11.5. The number of carboxylic acids is 1. The first kappa shape index (κ1) is 14.0. The van der Waals surface area contributed by atoms with E-state index in [1.54, 1.807) is 13.2 Å². The Morgan fingerprint density at radius 1 is 1.30 bits per heavy atom. The summed E-state index contributed by atoms with van der Waals surface area (Å²) in [5, 5.41) is 9.39. The van der Waals surface area contributed by atoms with Crippen LogP contribution in [-0.2, 0) is 11.2 Å². The maximum atomic E-state index is 11.5. The number of nitrogens with zero attached hydrogens (tertiary/aromatic N) is 2. The van der Waals surface area contributed by atoms with Crippen LogP contribution in [0.3, 0.4) is 0 Å². The summed E-state index contributed by atoms with van der Waals surface area (Å²) in [5.74, 6) is -0.817. The highest BCUT2D eigenvalue weighted by Crippen LogP contribution is 2.21. The number of aryl methyl sites for hydroxylation is 1. The molecular weight excluding hydrogens is 256 g/mol. The van der Waals surface area contributed by atoms with Gasteiger partial charge in [-0.3, -0.25) is 4.79 Å². The van der Waals surface area contributed by atoms with Crippen LogP contribution in [0.25, 0.3) is 0 Å². The Hall–Kier alpha value is -2.43. The van der Waals surface area contributed by atoms with Crippen LogP contribution in [0.5, 0.6) is 5.75 Å². The van der Waals surface area contributed by atoms with Crippen molar-refractivity contribution in [2.45, 2.75) is 19.3 Å². The van der Waals surface area contributed by atoms with Gasteiger partial charge in [0.2, 0.25) is 0 Å². The summed E-state index contributed by atoms with van der Waals surface area (Å²) in [5.41, 5.74) is 2.21. The molecule has 5 heteroatoms. The van der Waals surface area contributed by atoms with Gasteiger partial charge in [-0.15, -0.1) is 0 Å². The predicted molar refractivity (Wildman–Crippen MR) is 73.8 cm³/mol. The van der Waals surface area contributed by atoms with Crippen LogP contribution < -0.4 is 4.74 Å². The first-order valence-electron chi connectivity index (χ1n) is 6.24. The third-order valence-corrected chi connectivity index (χ3v) is 3.08. The molecule has 20 heavy (non-hydrogen) atoms. The van der Waals surface area contributed by atoms with Crippen LogP contribution in [-0.4, -0.2) is 28.2 Å². The molecule has 0 saturated heterocycles. The van der Waals surface area contributed by atoms with Crippen molar-refractivity contribution in [2.24, 2.45) is 0 Å². The van der Waals surface area contributed by atoms with Gasteiger partial charge in [-0.25, -0.2) is 9.97 Å². The molecule has 0 aliphatic rings. The molecule has 0 saturated carbocycles. The molecular formula is C15H16N2O3. The van der Waals surface area contributed by atoms with E-state index in [2.05, 4.69) is 9.97 Å². The summed E-state index contributed by atoms with van der Waals surface area (Å²) < 4.78 is 5.09. The number of aromatic nitrogens is 2. The zero-order valence-corrected chi connectivity index (χ0v) is 11.4. The van der Waals surface area contributed by atoms with E-state index in [-0.39, 0.29) is 0 Å². The standard InChI is InChI=1S/C15H16N2O3/c1-10-7-14(17-9-16-10)13(15(18)19)8-11-3-5-12(20-2)6-4-11/h3-7,9,13H,8H2,1-2H3,(H,18,19). The zero-order valence-electron chi connectivity index (χ0n) is 11.4. The molecule has 1 atom stereocenters. The number of hydrogen-bond donors (Lipinski definition) is 1. The Labute approximate surface area is 117 Å². The molecule has 0 spiro atoms. The van der Waals surface area contributed by atoms with E-state index in [4.69, 9.17) is 4.74 Å². The minimum atomic E-state index is -0.890. The molecule has 1 heterocycles. The van der Waals surface area contributed by atoms with E-state index in [1.165, 1.54) is 6.33 Å². The molecule has 1 N–H and O–H groups in total. The van der Waals surface area contributed by atoms with E-state index in [1.807, 2.05) is 31.2 Å². The SMILES string of the molecule is COc1ccc(CC(C(=O)O)c2cc(C)ncn2)cc1. The number of benzene rings is 1. The van der Waals surface area contributed by atoms with Gasteiger partial charge in [-0.1, -0.05) is 12.1 Å². The van der Waals surface area contributed by atoms with Gasteiger partial charge in [0.1, 0.15) is 18.0 Å². The van der Waals surface area contributed by atoms with Crippen LogP contribution >= 0.6 is 0 Å². The number of carbonyl (C=O) groups is 1. The van der Waals surface area contributed by atoms with E-state index >= 15 is 0 Å². The van der Waals surface area contributed by atoms with Crippen molar-refractivity contribution >= 4 is 5.97 Å². The van der Waals surface area contributed by atoms with E-state index in [0.29, 0.717) is 12.1 Å². The first-order chi connectivity index (χ1) is 9.60. The molecule has 104 valence electrons. The molecule has 2 rings (SSSR count). The van der Waals surface area contributed by atoms with Crippen molar-refractivity contribution in [3.05, 3.63) is 53.6 Å². The molecule has 0 aliphatic heterocycles. The van der Waals surface area contributed by atoms with Crippen molar-refractivity contribution in [2.75, 3.05) is 7.11 Å². The number of methoxy groups -OCH3 is 1. The number of ether oxygens (including phenoxy) is 1. The maximum Gasteiger partial charge on any atom is 0.312 e. The van der Waals surface area contributed by atoms with Crippen molar-refractivity contribution in [1.82, 2.24) is 9.97 Å².